The SMILES string of the molecule is O=C(c1ccc(N(Cc2ccc(Cl)cc2)S(=O)c2ccccc2)cn1)N1CCC(c2ccccn2)CC1. The lowest BCUT2D eigenvalue weighted by atomic mass is 9.93. The van der Waals surface area contributed by atoms with Crippen LogP contribution in [-0.2, 0) is 17.5 Å². The van der Waals surface area contributed by atoms with Gasteiger partial charge in [0, 0.05) is 35.9 Å². The van der Waals surface area contributed by atoms with Gasteiger partial charge >= 0.3 is 0 Å². The molecular weight excluding hydrogens is 504 g/mol. The van der Waals surface area contributed by atoms with Crippen LogP contribution in [-0.4, -0.2) is 38.1 Å². The summed E-state index contributed by atoms with van der Waals surface area (Å²) in [6, 6.07) is 26.3. The van der Waals surface area contributed by atoms with Gasteiger partial charge in [-0.1, -0.05) is 48.0 Å². The third kappa shape index (κ3) is 6.06. The first-order valence-electron chi connectivity index (χ1n) is 12.2. The van der Waals surface area contributed by atoms with E-state index in [0.717, 1.165) is 24.1 Å². The molecule has 0 bridgehead atoms. The number of likely N-dealkylation sites (tertiary alicyclic amines) is 1. The number of amides is 1. The maximum Gasteiger partial charge on any atom is 0.272 e. The molecule has 188 valence electrons. The molecule has 5 rings (SSSR count). The second-order valence-electron chi connectivity index (χ2n) is 8.95. The van der Waals surface area contributed by atoms with Crippen LogP contribution < -0.4 is 4.31 Å². The Bertz CT molecular complexity index is 1340. The lowest BCUT2D eigenvalue weighted by molar-refractivity contribution is 0.0706. The zero-order valence-corrected chi connectivity index (χ0v) is 21.8. The number of piperidine rings is 1. The van der Waals surface area contributed by atoms with Gasteiger partial charge in [0.25, 0.3) is 5.91 Å². The molecule has 4 aromatic rings. The van der Waals surface area contributed by atoms with E-state index in [1.54, 1.807) is 16.6 Å². The number of carbonyl (C=O) groups is 1. The summed E-state index contributed by atoms with van der Waals surface area (Å²) in [5.41, 5.74) is 3.11. The Morgan fingerprint density at radius 2 is 1.65 bits per heavy atom. The average molecular weight is 531 g/mol. The van der Waals surface area contributed by atoms with Crippen molar-refractivity contribution in [2.75, 3.05) is 17.4 Å². The highest BCUT2D eigenvalue weighted by molar-refractivity contribution is 7.86. The van der Waals surface area contributed by atoms with Crippen LogP contribution in [0.5, 0.6) is 0 Å². The van der Waals surface area contributed by atoms with Crippen LogP contribution >= 0.6 is 11.6 Å². The summed E-state index contributed by atoms with van der Waals surface area (Å²) >= 11 is 6.05. The van der Waals surface area contributed by atoms with E-state index in [2.05, 4.69) is 16.0 Å². The second kappa shape index (κ2) is 11.7. The first-order valence-corrected chi connectivity index (χ1v) is 13.7. The number of benzene rings is 2. The Morgan fingerprint density at radius 3 is 2.30 bits per heavy atom. The maximum atomic E-state index is 13.5. The zero-order chi connectivity index (χ0) is 25.6. The van der Waals surface area contributed by atoms with Crippen molar-refractivity contribution in [2.45, 2.75) is 30.2 Å². The van der Waals surface area contributed by atoms with Gasteiger partial charge in [-0.2, -0.15) is 0 Å². The minimum absolute atomic E-state index is 0.0838. The fraction of sp³-hybridized carbons (Fsp3) is 0.207. The number of aromatic nitrogens is 2. The zero-order valence-electron chi connectivity index (χ0n) is 20.2. The smallest absolute Gasteiger partial charge is 0.272 e. The number of hydrogen-bond donors (Lipinski definition) is 0. The molecule has 0 aliphatic carbocycles. The van der Waals surface area contributed by atoms with E-state index in [1.165, 1.54) is 0 Å². The normalized spacial score (nSPS) is 14.8. The molecule has 1 aliphatic rings. The Hall–Kier alpha value is -3.55. The van der Waals surface area contributed by atoms with Gasteiger partial charge in [0.2, 0.25) is 0 Å². The van der Waals surface area contributed by atoms with Crippen molar-refractivity contribution in [3.05, 3.63) is 119 Å². The fourth-order valence-corrected chi connectivity index (χ4v) is 5.82. The molecule has 1 atom stereocenters. The van der Waals surface area contributed by atoms with Crippen molar-refractivity contribution in [3.63, 3.8) is 0 Å². The summed E-state index contributed by atoms with van der Waals surface area (Å²) in [6.07, 6.45) is 5.21. The van der Waals surface area contributed by atoms with Gasteiger partial charge in [-0.25, -0.2) is 9.19 Å². The second-order valence-corrected chi connectivity index (χ2v) is 10.8. The molecule has 1 aliphatic heterocycles. The molecule has 0 saturated carbocycles. The first-order chi connectivity index (χ1) is 18.1. The van der Waals surface area contributed by atoms with E-state index in [4.69, 9.17) is 11.6 Å². The minimum atomic E-state index is -1.46. The van der Waals surface area contributed by atoms with Crippen LogP contribution in [0.2, 0.25) is 5.02 Å². The standard InChI is InChI=1S/C29H27ClN4O2S/c30-24-11-9-22(10-12-24)21-34(37(36)26-6-2-1-3-7-26)25-13-14-28(32-20-25)29(35)33-18-15-23(16-19-33)27-8-4-5-17-31-27/h1-14,17,20,23H,15-16,18-19,21H2. The average Bonchev–Trinajstić information content (AvgIpc) is 2.97. The van der Waals surface area contributed by atoms with Crippen molar-refractivity contribution >= 4 is 34.2 Å². The summed E-state index contributed by atoms with van der Waals surface area (Å²) in [6.45, 7) is 1.74. The van der Waals surface area contributed by atoms with Crippen LogP contribution in [0.25, 0.3) is 0 Å². The molecule has 3 heterocycles. The Kier molecular flexibility index (Phi) is 7.92. The molecule has 0 N–H and O–H groups in total. The van der Waals surface area contributed by atoms with Gasteiger partial charge in [-0.15, -0.1) is 0 Å². The third-order valence-electron chi connectivity index (χ3n) is 6.53. The Morgan fingerprint density at radius 1 is 0.919 bits per heavy atom. The van der Waals surface area contributed by atoms with Gasteiger partial charge in [0.15, 0.2) is 11.0 Å². The van der Waals surface area contributed by atoms with Crippen LogP contribution in [0.1, 0.15) is 40.5 Å². The summed E-state index contributed by atoms with van der Waals surface area (Å²) in [4.78, 5) is 24.7. The highest BCUT2D eigenvalue weighted by Gasteiger charge is 2.26. The van der Waals surface area contributed by atoms with Crippen molar-refractivity contribution < 1.29 is 9.00 Å². The first kappa shape index (κ1) is 25.1. The number of halogens is 1. The largest absolute Gasteiger partial charge is 0.337 e. The van der Waals surface area contributed by atoms with Crippen LogP contribution in [0.15, 0.2) is 102 Å². The molecule has 1 fully saturated rings. The fourth-order valence-electron chi connectivity index (χ4n) is 4.48. The van der Waals surface area contributed by atoms with E-state index in [-0.39, 0.29) is 5.91 Å². The third-order valence-corrected chi connectivity index (χ3v) is 8.20. The molecule has 2 aromatic heterocycles. The van der Waals surface area contributed by atoms with Crippen LogP contribution in [0, 0.1) is 0 Å². The van der Waals surface area contributed by atoms with E-state index in [0.29, 0.717) is 46.9 Å². The van der Waals surface area contributed by atoms with E-state index < -0.39 is 11.0 Å². The maximum absolute atomic E-state index is 13.5. The highest BCUT2D eigenvalue weighted by Crippen LogP contribution is 2.28. The molecule has 2 aromatic carbocycles. The van der Waals surface area contributed by atoms with Gasteiger partial charge in [-0.05, 0) is 66.9 Å². The number of nitrogens with zero attached hydrogens (tertiary/aromatic N) is 4. The Labute approximate surface area is 224 Å². The summed E-state index contributed by atoms with van der Waals surface area (Å²) in [5, 5.41) is 0.646. The molecule has 0 spiro atoms. The molecule has 1 saturated heterocycles. The van der Waals surface area contributed by atoms with E-state index >= 15 is 0 Å². The number of anilines is 1. The predicted octanol–water partition coefficient (Wildman–Crippen LogP) is 5.88. The summed E-state index contributed by atoms with van der Waals surface area (Å²) < 4.78 is 15.3. The lowest BCUT2D eigenvalue weighted by Gasteiger charge is -2.31. The van der Waals surface area contributed by atoms with E-state index in [1.807, 2.05) is 83.9 Å². The van der Waals surface area contributed by atoms with Gasteiger partial charge in [0.05, 0.1) is 23.3 Å². The molecule has 8 heteroatoms. The van der Waals surface area contributed by atoms with Crippen LogP contribution in [0.4, 0.5) is 5.69 Å². The molecule has 1 amide bonds. The van der Waals surface area contributed by atoms with Crippen LogP contribution in [0.3, 0.4) is 0 Å². The lowest BCUT2D eigenvalue weighted by Crippen LogP contribution is -2.38. The quantitative estimate of drug-likeness (QED) is 0.299. The molecule has 6 nitrogen and oxygen atoms in total. The van der Waals surface area contributed by atoms with Gasteiger partial charge in [-0.3, -0.25) is 14.1 Å². The van der Waals surface area contributed by atoms with Gasteiger partial charge in [0.1, 0.15) is 5.69 Å². The number of rotatable bonds is 7. The van der Waals surface area contributed by atoms with Crippen molar-refractivity contribution in [1.29, 1.82) is 0 Å². The molecule has 1 unspecified atom stereocenters. The number of hydrogen-bond acceptors (Lipinski definition) is 4. The van der Waals surface area contributed by atoms with Crippen molar-refractivity contribution in [2.24, 2.45) is 0 Å². The Balaban J connectivity index is 1.31. The predicted molar refractivity (Wildman–Crippen MR) is 147 cm³/mol. The highest BCUT2D eigenvalue weighted by atomic mass is 35.5. The topological polar surface area (TPSA) is 66.4 Å². The summed E-state index contributed by atoms with van der Waals surface area (Å²) in [7, 11) is -1.46. The molecular formula is C29H27ClN4O2S. The van der Waals surface area contributed by atoms with E-state index in [9.17, 15) is 9.00 Å². The minimum Gasteiger partial charge on any atom is -0.337 e. The van der Waals surface area contributed by atoms with Gasteiger partial charge < -0.3 is 4.90 Å². The molecule has 37 heavy (non-hydrogen) atoms. The number of pyridine rings is 2. The molecule has 0 radical (unpaired) electrons. The van der Waals surface area contributed by atoms with Crippen molar-refractivity contribution in [1.82, 2.24) is 14.9 Å². The summed E-state index contributed by atoms with van der Waals surface area (Å²) in [5.74, 6) is 0.287. The van der Waals surface area contributed by atoms with Crippen molar-refractivity contribution in [3.8, 4) is 0 Å². The monoisotopic (exact) mass is 530 g/mol. The number of carbonyl (C=O) groups excluding carboxylic acids is 1.